The molecule has 1 N–H and O–H groups in total. The van der Waals surface area contributed by atoms with Gasteiger partial charge in [0.2, 0.25) is 10.0 Å². The van der Waals surface area contributed by atoms with Gasteiger partial charge in [0, 0.05) is 13.1 Å². The van der Waals surface area contributed by atoms with Gasteiger partial charge in [-0.1, -0.05) is 13.0 Å². The molecule has 0 aromatic heterocycles. The topological polar surface area (TPSA) is 77.9 Å². The van der Waals surface area contributed by atoms with E-state index in [4.69, 9.17) is 5.11 Å². The molecule has 7 heteroatoms. The molecule has 1 atom stereocenters. The van der Waals surface area contributed by atoms with Crippen molar-refractivity contribution in [2.45, 2.75) is 44.0 Å². The second kappa shape index (κ2) is 8.29. The molecule has 0 aliphatic carbocycles. The molecule has 0 bridgehead atoms. The number of likely N-dealkylation sites (tertiary alicyclic amines) is 1. The van der Waals surface area contributed by atoms with Gasteiger partial charge in [-0.3, -0.25) is 0 Å². The Morgan fingerprint density at radius 3 is 2.60 bits per heavy atom. The maximum Gasteiger partial charge on any atom is 0.335 e. The number of piperidine rings is 1. The van der Waals surface area contributed by atoms with E-state index >= 15 is 0 Å². The number of hydrogen-bond donors (Lipinski definition) is 1. The Balaban J connectivity index is 2.01. The van der Waals surface area contributed by atoms with Crippen LogP contribution in [0.2, 0.25) is 0 Å². The lowest BCUT2D eigenvalue weighted by atomic mass is 9.99. The third-order valence-corrected chi connectivity index (χ3v) is 7.09. The number of aromatic carboxylic acids is 1. The smallest absolute Gasteiger partial charge is 0.335 e. The zero-order chi connectivity index (χ0) is 18.6. The molecule has 0 spiro atoms. The van der Waals surface area contributed by atoms with Crippen LogP contribution in [0.25, 0.3) is 0 Å². The molecule has 1 aliphatic heterocycles. The minimum atomic E-state index is -3.70. The first-order valence-electron chi connectivity index (χ1n) is 8.75. The molecule has 1 saturated heterocycles. The monoisotopic (exact) mass is 368 g/mol. The Morgan fingerprint density at radius 2 is 2.00 bits per heavy atom. The fraction of sp³-hybridized carbons (Fsp3) is 0.611. The van der Waals surface area contributed by atoms with Gasteiger partial charge in [0.1, 0.15) is 0 Å². The number of nitrogens with zero attached hydrogens (tertiary/aromatic N) is 2. The van der Waals surface area contributed by atoms with Crippen LogP contribution in [0.5, 0.6) is 0 Å². The van der Waals surface area contributed by atoms with E-state index in [1.54, 1.807) is 7.05 Å². The standard InChI is InChI=1S/C18H28N2O4S/c1-14-7-10-20(11-8-14)12-9-15(2)19(3)25(23,24)17-6-4-5-16(13-17)18(21)22/h4-6,13-15H,7-12H2,1-3H3,(H,21,22)/t15-/m1/s1. The number of carbonyl (C=O) groups is 1. The van der Waals surface area contributed by atoms with E-state index in [1.165, 1.54) is 41.4 Å². The van der Waals surface area contributed by atoms with Crippen molar-refractivity contribution >= 4 is 16.0 Å². The molecule has 1 heterocycles. The molecule has 2 rings (SSSR count). The lowest BCUT2D eigenvalue weighted by Gasteiger charge is -2.32. The van der Waals surface area contributed by atoms with E-state index in [1.807, 2.05) is 6.92 Å². The van der Waals surface area contributed by atoms with E-state index in [0.29, 0.717) is 0 Å². The molecule has 1 aliphatic rings. The first kappa shape index (κ1) is 19.9. The van der Waals surface area contributed by atoms with Crippen molar-refractivity contribution in [1.29, 1.82) is 0 Å². The van der Waals surface area contributed by atoms with E-state index in [0.717, 1.165) is 32.0 Å². The summed E-state index contributed by atoms with van der Waals surface area (Å²) < 4.78 is 26.9. The lowest BCUT2D eigenvalue weighted by Crippen LogP contribution is -2.39. The SMILES string of the molecule is CC1CCN(CC[C@@H](C)N(C)S(=O)(=O)c2cccc(C(=O)O)c2)CC1. The van der Waals surface area contributed by atoms with Gasteiger partial charge in [0.05, 0.1) is 10.5 Å². The summed E-state index contributed by atoms with van der Waals surface area (Å²) in [4.78, 5) is 13.5. The maximum atomic E-state index is 12.8. The Kier molecular flexibility index (Phi) is 6.59. The van der Waals surface area contributed by atoms with Crippen molar-refractivity contribution in [3.05, 3.63) is 29.8 Å². The number of benzene rings is 1. The summed E-state index contributed by atoms with van der Waals surface area (Å²) in [7, 11) is -2.14. The average molecular weight is 368 g/mol. The predicted molar refractivity (Wildman–Crippen MR) is 97.3 cm³/mol. The van der Waals surface area contributed by atoms with Crippen LogP contribution in [-0.4, -0.2) is 61.4 Å². The van der Waals surface area contributed by atoms with Crippen LogP contribution in [0.4, 0.5) is 0 Å². The second-order valence-corrected chi connectivity index (χ2v) is 9.01. The maximum absolute atomic E-state index is 12.8. The molecule has 0 saturated carbocycles. The molecule has 0 unspecified atom stereocenters. The van der Waals surface area contributed by atoms with Crippen molar-refractivity contribution < 1.29 is 18.3 Å². The van der Waals surface area contributed by atoms with Gasteiger partial charge >= 0.3 is 5.97 Å². The number of carboxylic acids is 1. The van der Waals surface area contributed by atoms with Crippen molar-refractivity contribution in [3.63, 3.8) is 0 Å². The Morgan fingerprint density at radius 1 is 1.36 bits per heavy atom. The molecular formula is C18H28N2O4S. The van der Waals surface area contributed by atoms with Gasteiger partial charge in [0.15, 0.2) is 0 Å². The van der Waals surface area contributed by atoms with E-state index in [9.17, 15) is 13.2 Å². The zero-order valence-corrected chi connectivity index (χ0v) is 16.0. The van der Waals surface area contributed by atoms with Gasteiger partial charge in [0.25, 0.3) is 0 Å². The first-order chi connectivity index (χ1) is 11.7. The largest absolute Gasteiger partial charge is 0.478 e. The fourth-order valence-corrected chi connectivity index (χ4v) is 4.47. The molecule has 25 heavy (non-hydrogen) atoms. The molecule has 6 nitrogen and oxygen atoms in total. The fourth-order valence-electron chi connectivity index (χ4n) is 3.03. The van der Waals surface area contributed by atoms with Crippen molar-refractivity contribution in [2.75, 3.05) is 26.7 Å². The number of hydrogen-bond acceptors (Lipinski definition) is 4. The Hall–Kier alpha value is -1.44. The van der Waals surface area contributed by atoms with Gasteiger partial charge in [-0.05, 0) is 69.9 Å². The highest BCUT2D eigenvalue weighted by molar-refractivity contribution is 7.89. The summed E-state index contributed by atoms with van der Waals surface area (Å²) in [6.45, 7) is 7.19. The quantitative estimate of drug-likeness (QED) is 0.800. The minimum absolute atomic E-state index is 0.0218. The summed E-state index contributed by atoms with van der Waals surface area (Å²) in [5, 5.41) is 9.06. The van der Waals surface area contributed by atoms with Crippen molar-refractivity contribution in [1.82, 2.24) is 9.21 Å². The van der Waals surface area contributed by atoms with Gasteiger partial charge in [-0.15, -0.1) is 0 Å². The summed E-state index contributed by atoms with van der Waals surface area (Å²) in [6, 6.07) is 5.35. The minimum Gasteiger partial charge on any atom is -0.478 e. The highest BCUT2D eigenvalue weighted by Gasteiger charge is 2.26. The van der Waals surface area contributed by atoms with Gasteiger partial charge in [-0.2, -0.15) is 4.31 Å². The zero-order valence-electron chi connectivity index (χ0n) is 15.2. The Bertz CT molecular complexity index is 697. The molecule has 0 radical (unpaired) electrons. The number of carboxylic acid groups (broad SMARTS) is 1. The van der Waals surface area contributed by atoms with Gasteiger partial charge in [-0.25, -0.2) is 13.2 Å². The van der Waals surface area contributed by atoms with Crippen molar-refractivity contribution in [3.8, 4) is 0 Å². The highest BCUT2D eigenvalue weighted by Crippen LogP contribution is 2.21. The van der Waals surface area contributed by atoms with Gasteiger partial charge < -0.3 is 10.0 Å². The molecule has 1 aromatic carbocycles. The molecule has 1 aromatic rings. The molecule has 1 fully saturated rings. The second-order valence-electron chi connectivity index (χ2n) is 7.02. The molecule has 140 valence electrons. The van der Waals surface area contributed by atoms with E-state index in [2.05, 4.69) is 11.8 Å². The van der Waals surface area contributed by atoms with Crippen LogP contribution < -0.4 is 0 Å². The van der Waals surface area contributed by atoms with Crippen LogP contribution in [0, 0.1) is 5.92 Å². The Labute approximate surface area is 150 Å². The van der Waals surface area contributed by atoms with E-state index in [-0.39, 0.29) is 16.5 Å². The summed E-state index contributed by atoms with van der Waals surface area (Å²) >= 11 is 0. The summed E-state index contributed by atoms with van der Waals surface area (Å²) in [5.74, 6) is -0.356. The van der Waals surface area contributed by atoms with E-state index < -0.39 is 16.0 Å². The van der Waals surface area contributed by atoms with Crippen molar-refractivity contribution in [2.24, 2.45) is 5.92 Å². The highest BCUT2D eigenvalue weighted by atomic mass is 32.2. The lowest BCUT2D eigenvalue weighted by molar-refractivity contribution is 0.0696. The van der Waals surface area contributed by atoms with Crippen LogP contribution in [0.3, 0.4) is 0 Å². The summed E-state index contributed by atoms with van der Waals surface area (Å²) in [6.07, 6.45) is 3.15. The molecule has 0 amide bonds. The number of sulfonamides is 1. The normalized spacial score (nSPS) is 18.4. The number of rotatable bonds is 7. The van der Waals surface area contributed by atoms with Crippen LogP contribution >= 0.6 is 0 Å². The van der Waals surface area contributed by atoms with Crippen LogP contribution in [0.15, 0.2) is 29.2 Å². The predicted octanol–water partition coefficient (Wildman–Crippen LogP) is 2.52. The average Bonchev–Trinajstić information content (AvgIpc) is 2.60. The molecular weight excluding hydrogens is 340 g/mol. The third-order valence-electron chi connectivity index (χ3n) is 5.12. The first-order valence-corrected chi connectivity index (χ1v) is 10.2. The third kappa shape index (κ3) is 5.03. The van der Waals surface area contributed by atoms with Crippen LogP contribution in [-0.2, 0) is 10.0 Å². The van der Waals surface area contributed by atoms with Crippen LogP contribution in [0.1, 0.15) is 43.5 Å². The summed E-state index contributed by atoms with van der Waals surface area (Å²) in [5.41, 5.74) is -0.0236.